The molecule has 0 heterocycles. The molecule has 0 radical (unpaired) electrons. The lowest BCUT2D eigenvalue weighted by Gasteiger charge is -2.30. The van der Waals surface area contributed by atoms with Crippen LogP contribution in [0.25, 0.3) is 0 Å². The van der Waals surface area contributed by atoms with Crippen molar-refractivity contribution in [1.82, 2.24) is 0 Å². The number of rotatable bonds is 10. The molecule has 0 aliphatic heterocycles. The van der Waals surface area contributed by atoms with E-state index in [1.54, 1.807) is 0 Å². The summed E-state index contributed by atoms with van der Waals surface area (Å²) in [7, 11) is -2.80. The first-order valence-electron chi connectivity index (χ1n) is 7.47. The van der Waals surface area contributed by atoms with E-state index in [-0.39, 0.29) is 0 Å². The van der Waals surface area contributed by atoms with Crippen molar-refractivity contribution in [2.75, 3.05) is 19.8 Å². The molecule has 0 aromatic heterocycles. The van der Waals surface area contributed by atoms with Crippen LogP contribution in [0, 0.1) is 7.14 Å². The minimum atomic E-state index is -2.80. The number of hydrogen-bond donors (Lipinski definition) is 0. The van der Waals surface area contributed by atoms with Crippen molar-refractivity contribution in [3.63, 3.8) is 0 Å². The zero-order chi connectivity index (χ0) is 15.7. The molecule has 0 N–H and O–H groups in total. The molecule has 0 amide bonds. The summed E-state index contributed by atoms with van der Waals surface area (Å²) in [6.07, 6.45) is 2.88. The first-order valence-corrected chi connectivity index (χ1v) is 11.3. The first kappa shape index (κ1) is 19.8. The lowest BCUT2D eigenvalue weighted by molar-refractivity contribution is 0.0731. The molecule has 0 unspecified atom stereocenters. The molecule has 120 valence electrons. The summed E-state index contributed by atoms with van der Waals surface area (Å²) in [5, 5.41) is 1.07. The highest BCUT2D eigenvalue weighted by Crippen LogP contribution is 2.18. The Hall–Kier alpha value is 0.777. The fourth-order valence-electron chi connectivity index (χ4n) is 1.77. The van der Waals surface area contributed by atoms with Gasteiger partial charge in [-0.2, -0.15) is 0 Å². The van der Waals surface area contributed by atoms with Gasteiger partial charge >= 0.3 is 8.80 Å². The van der Waals surface area contributed by atoms with E-state index in [2.05, 4.69) is 84.2 Å². The smallest absolute Gasteiger partial charge is 0.370 e. The zero-order valence-corrected chi connectivity index (χ0v) is 18.3. The van der Waals surface area contributed by atoms with Crippen LogP contribution in [0.1, 0.15) is 40.0 Å². The van der Waals surface area contributed by atoms with Crippen molar-refractivity contribution in [2.24, 2.45) is 0 Å². The summed E-state index contributed by atoms with van der Waals surface area (Å²) in [6, 6.07) is 6.35. The van der Waals surface area contributed by atoms with Crippen molar-refractivity contribution in [3.8, 4) is 0 Å². The molecule has 6 heteroatoms. The van der Waals surface area contributed by atoms with Crippen LogP contribution in [0.2, 0.25) is 0 Å². The van der Waals surface area contributed by atoms with Gasteiger partial charge in [-0.15, -0.1) is 0 Å². The highest BCUT2D eigenvalue weighted by atomic mass is 127. The molecule has 0 atom stereocenters. The van der Waals surface area contributed by atoms with E-state index in [0.717, 1.165) is 24.4 Å². The second-order valence-corrected chi connectivity index (χ2v) is 9.61. The standard InChI is InChI=1S/C15H24I2O3Si/c1-4-9-18-21(19-10-5-2,20-11-6-3)13-7-8-14(16)15(17)12-13/h7-8,12H,4-6,9-11H2,1-3H3. The number of halogens is 2. The summed E-state index contributed by atoms with van der Waals surface area (Å²) in [6.45, 7) is 8.33. The quantitative estimate of drug-likeness (QED) is 0.331. The molecule has 0 saturated carbocycles. The van der Waals surface area contributed by atoms with Crippen LogP contribution in [0.5, 0.6) is 0 Å². The Bertz CT molecular complexity index is 408. The summed E-state index contributed by atoms with van der Waals surface area (Å²) in [5.74, 6) is 0. The Labute approximate surface area is 156 Å². The Morgan fingerprint density at radius 3 is 1.67 bits per heavy atom. The predicted octanol–water partition coefficient (Wildman–Crippen LogP) is 4.32. The molecular weight excluding hydrogens is 510 g/mol. The molecule has 3 nitrogen and oxygen atoms in total. The first-order chi connectivity index (χ1) is 10.1. The van der Waals surface area contributed by atoms with E-state index < -0.39 is 8.80 Å². The molecule has 1 rings (SSSR count). The maximum atomic E-state index is 6.15. The van der Waals surface area contributed by atoms with E-state index in [0.29, 0.717) is 19.8 Å². The lowest BCUT2D eigenvalue weighted by Crippen LogP contribution is -2.57. The monoisotopic (exact) mass is 534 g/mol. The van der Waals surface area contributed by atoms with Gasteiger partial charge in [0.15, 0.2) is 0 Å². The van der Waals surface area contributed by atoms with Crippen molar-refractivity contribution in [3.05, 3.63) is 25.3 Å². The minimum Gasteiger partial charge on any atom is -0.370 e. The molecule has 0 spiro atoms. The third-order valence-corrected chi connectivity index (χ3v) is 8.40. The van der Waals surface area contributed by atoms with Crippen LogP contribution in [0.3, 0.4) is 0 Å². The second kappa shape index (κ2) is 10.5. The predicted molar refractivity (Wildman–Crippen MR) is 106 cm³/mol. The van der Waals surface area contributed by atoms with Crippen LogP contribution in [-0.2, 0) is 13.3 Å². The highest BCUT2D eigenvalue weighted by molar-refractivity contribution is 14.1. The van der Waals surface area contributed by atoms with Crippen molar-refractivity contribution in [1.29, 1.82) is 0 Å². The van der Waals surface area contributed by atoms with Gasteiger partial charge in [0, 0.05) is 32.1 Å². The third kappa shape index (κ3) is 6.06. The van der Waals surface area contributed by atoms with Gasteiger partial charge in [0.05, 0.1) is 0 Å². The van der Waals surface area contributed by atoms with E-state index in [1.807, 2.05) is 0 Å². The molecule has 1 aromatic rings. The van der Waals surface area contributed by atoms with Crippen molar-refractivity contribution in [2.45, 2.75) is 40.0 Å². The minimum absolute atomic E-state index is 0.669. The van der Waals surface area contributed by atoms with Crippen LogP contribution < -0.4 is 5.19 Å². The van der Waals surface area contributed by atoms with Crippen LogP contribution >= 0.6 is 45.2 Å². The average Bonchev–Trinajstić information content (AvgIpc) is 2.50. The maximum Gasteiger partial charge on any atom is 0.537 e. The SMILES string of the molecule is CCCO[Si](OCCC)(OCCC)c1ccc(I)c(I)c1. The Morgan fingerprint density at radius 1 is 0.810 bits per heavy atom. The Morgan fingerprint density at radius 2 is 1.29 bits per heavy atom. The summed E-state index contributed by atoms with van der Waals surface area (Å²) >= 11 is 4.69. The van der Waals surface area contributed by atoms with Crippen LogP contribution in [0.4, 0.5) is 0 Å². The zero-order valence-electron chi connectivity index (χ0n) is 13.0. The fourth-order valence-corrected chi connectivity index (χ4v) is 5.69. The molecule has 0 fully saturated rings. The Kier molecular flexibility index (Phi) is 9.94. The van der Waals surface area contributed by atoms with Crippen LogP contribution in [0.15, 0.2) is 18.2 Å². The van der Waals surface area contributed by atoms with Gasteiger partial charge in [-0.25, -0.2) is 0 Å². The summed E-state index contributed by atoms with van der Waals surface area (Å²) in [5.41, 5.74) is 0. The topological polar surface area (TPSA) is 27.7 Å². The fraction of sp³-hybridized carbons (Fsp3) is 0.600. The van der Waals surface area contributed by atoms with E-state index in [1.165, 1.54) is 7.14 Å². The van der Waals surface area contributed by atoms with Crippen molar-refractivity contribution < 1.29 is 13.3 Å². The van der Waals surface area contributed by atoms with Gasteiger partial charge in [-0.3, -0.25) is 0 Å². The molecule has 0 saturated heterocycles. The molecule has 21 heavy (non-hydrogen) atoms. The van der Waals surface area contributed by atoms with Gasteiger partial charge in [0.1, 0.15) is 0 Å². The normalized spacial score (nSPS) is 11.9. The average molecular weight is 534 g/mol. The molecule has 0 aliphatic carbocycles. The van der Waals surface area contributed by atoms with Gasteiger partial charge in [0.2, 0.25) is 0 Å². The second-order valence-electron chi connectivity index (χ2n) is 4.73. The van der Waals surface area contributed by atoms with Gasteiger partial charge < -0.3 is 13.3 Å². The van der Waals surface area contributed by atoms with E-state index >= 15 is 0 Å². The molecule has 0 aliphatic rings. The number of hydrogen-bond acceptors (Lipinski definition) is 3. The van der Waals surface area contributed by atoms with Crippen molar-refractivity contribution >= 4 is 59.2 Å². The molecular formula is C15H24I2O3Si. The van der Waals surface area contributed by atoms with Crippen LogP contribution in [-0.4, -0.2) is 28.6 Å². The summed E-state index contributed by atoms with van der Waals surface area (Å²) < 4.78 is 20.9. The van der Waals surface area contributed by atoms with E-state index in [4.69, 9.17) is 13.3 Å². The van der Waals surface area contributed by atoms with E-state index in [9.17, 15) is 0 Å². The third-order valence-electron chi connectivity index (χ3n) is 2.76. The maximum absolute atomic E-state index is 6.15. The molecule has 0 bridgehead atoms. The lowest BCUT2D eigenvalue weighted by atomic mass is 10.4. The van der Waals surface area contributed by atoms with Gasteiger partial charge in [-0.05, 0) is 76.6 Å². The largest absolute Gasteiger partial charge is 0.537 e. The molecule has 1 aromatic carbocycles. The van der Waals surface area contributed by atoms with Gasteiger partial charge in [-0.1, -0.05) is 26.8 Å². The Balaban J connectivity index is 3.12. The highest BCUT2D eigenvalue weighted by Gasteiger charge is 2.44. The van der Waals surface area contributed by atoms with Gasteiger partial charge in [0.25, 0.3) is 0 Å². The summed E-state index contributed by atoms with van der Waals surface area (Å²) in [4.78, 5) is 0. The number of benzene rings is 1.